The van der Waals surface area contributed by atoms with E-state index in [1.807, 2.05) is 44.2 Å². The zero-order valence-corrected chi connectivity index (χ0v) is 13.4. The zero-order valence-electron chi connectivity index (χ0n) is 12.6. The van der Waals surface area contributed by atoms with Crippen molar-refractivity contribution in [1.82, 2.24) is 10.2 Å². The molecule has 1 unspecified atom stereocenters. The first-order valence-corrected chi connectivity index (χ1v) is 7.80. The molecule has 0 fully saturated rings. The number of carbonyl (C=O) groups is 2. The maximum atomic E-state index is 12.0. The smallest absolute Gasteiger partial charge is 0.237 e. The molecule has 21 heavy (non-hydrogen) atoms. The summed E-state index contributed by atoms with van der Waals surface area (Å²) in [5, 5.41) is 2.94. The lowest BCUT2D eigenvalue weighted by Crippen LogP contribution is -2.37. The van der Waals surface area contributed by atoms with Crippen LogP contribution in [0.2, 0.25) is 0 Å². The average molecular weight is 311 g/mol. The molecule has 4 nitrogen and oxygen atoms in total. The SMILES string of the molecule is CCCN(CCC(=O)NC(C)c1ccccc1)C(=O)CCl. The molecule has 0 heterocycles. The first-order chi connectivity index (χ1) is 10.1. The van der Waals surface area contributed by atoms with Gasteiger partial charge >= 0.3 is 0 Å². The van der Waals surface area contributed by atoms with Crippen LogP contribution in [0.15, 0.2) is 30.3 Å². The van der Waals surface area contributed by atoms with Gasteiger partial charge in [0.15, 0.2) is 0 Å². The summed E-state index contributed by atoms with van der Waals surface area (Å²) in [6.45, 7) is 4.98. The topological polar surface area (TPSA) is 49.4 Å². The van der Waals surface area contributed by atoms with Gasteiger partial charge in [0.1, 0.15) is 5.88 Å². The fourth-order valence-corrected chi connectivity index (χ4v) is 2.26. The van der Waals surface area contributed by atoms with Gasteiger partial charge in [-0.05, 0) is 18.9 Å². The van der Waals surface area contributed by atoms with Crippen molar-refractivity contribution < 1.29 is 9.59 Å². The molecule has 116 valence electrons. The van der Waals surface area contributed by atoms with Crippen molar-refractivity contribution in [3.8, 4) is 0 Å². The normalized spacial score (nSPS) is 11.8. The van der Waals surface area contributed by atoms with E-state index in [0.717, 1.165) is 12.0 Å². The largest absolute Gasteiger partial charge is 0.350 e. The maximum Gasteiger partial charge on any atom is 0.237 e. The van der Waals surface area contributed by atoms with Crippen LogP contribution in [0.5, 0.6) is 0 Å². The Morgan fingerprint density at radius 2 is 1.90 bits per heavy atom. The van der Waals surface area contributed by atoms with E-state index in [1.165, 1.54) is 0 Å². The van der Waals surface area contributed by atoms with Gasteiger partial charge in [0.05, 0.1) is 6.04 Å². The average Bonchev–Trinajstić information content (AvgIpc) is 2.51. The number of alkyl halides is 1. The minimum Gasteiger partial charge on any atom is -0.350 e. The number of halogens is 1. The Bertz CT molecular complexity index is 451. The first kappa shape index (κ1) is 17.5. The summed E-state index contributed by atoms with van der Waals surface area (Å²) in [6.07, 6.45) is 1.14. The molecule has 0 aliphatic rings. The number of benzene rings is 1. The van der Waals surface area contributed by atoms with Crippen LogP contribution in [0.25, 0.3) is 0 Å². The Hall–Kier alpha value is -1.55. The number of hydrogen-bond acceptors (Lipinski definition) is 2. The Kier molecular flexibility index (Phi) is 7.83. The van der Waals surface area contributed by atoms with Crippen LogP contribution in [0.1, 0.15) is 38.3 Å². The van der Waals surface area contributed by atoms with Gasteiger partial charge in [0.2, 0.25) is 11.8 Å². The second-order valence-electron chi connectivity index (χ2n) is 4.96. The van der Waals surface area contributed by atoms with E-state index in [9.17, 15) is 9.59 Å². The number of nitrogens with zero attached hydrogens (tertiary/aromatic N) is 1. The van der Waals surface area contributed by atoms with Crippen molar-refractivity contribution in [2.24, 2.45) is 0 Å². The van der Waals surface area contributed by atoms with Gasteiger partial charge in [-0.3, -0.25) is 9.59 Å². The Labute approximate surface area is 131 Å². The molecule has 1 rings (SSSR count). The van der Waals surface area contributed by atoms with Crippen molar-refractivity contribution in [3.05, 3.63) is 35.9 Å². The third-order valence-corrected chi connectivity index (χ3v) is 3.48. The van der Waals surface area contributed by atoms with Crippen LogP contribution >= 0.6 is 11.6 Å². The minimum absolute atomic E-state index is 0.0396. The highest BCUT2D eigenvalue weighted by molar-refractivity contribution is 6.27. The van der Waals surface area contributed by atoms with E-state index in [4.69, 9.17) is 11.6 Å². The van der Waals surface area contributed by atoms with Gasteiger partial charge in [-0.15, -0.1) is 11.6 Å². The molecule has 1 N–H and O–H groups in total. The van der Waals surface area contributed by atoms with E-state index in [0.29, 0.717) is 19.5 Å². The Morgan fingerprint density at radius 3 is 2.48 bits per heavy atom. The second-order valence-corrected chi connectivity index (χ2v) is 5.23. The lowest BCUT2D eigenvalue weighted by Gasteiger charge is -2.21. The summed E-state index contributed by atoms with van der Waals surface area (Å²) < 4.78 is 0. The maximum absolute atomic E-state index is 12.0. The van der Waals surface area contributed by atoms with Gasteiger partial charge < -0.3 is 10.2 Å². The van der Waals surface area contributed by atoms with E-state index in [1.54, 1.807) is 4.90 Å². The van der Waals surface area contributed by atoms with E-state index in [-0.39, 0.29) is 23.7 Å². The summed E-state index contributed by atoms with van der Waals surface area (Å²) in [7, 11) is 0. The summed E-state index contributed by atoms with van der Waals surface area (Å²) in [4.78, 5) is 25.2. The van der Waals surface area contributed by atoms with Crippen LogP contribution in [-0.2, 0) is 9.59 Å². The van der Waals surface area contributed by atoms with Gasteiger partial charge in [-0.25, -0.2) is 0 Å². The molecule has 1 aromatic rings. The summed E-state index contributed by atoms with van der Waals surface area (Å²) in [5.41, 5.74) is 1.06. The van der Waals surface area contributed by atoms with Crippen molar-refractivity contribution in [2.75, 3.05) is 19.0 Å². The number of amides is 2. The van der Waals surface area contributed by atoms with Gasteiger partial charge in [0.25, 0.3) is 0 Å². The third-order valence-electron chi connectivity index (χ3n) is 3.25. The van der Waals surface area contributed by atoms with Gasteiger partial charge in [-0.1, -0.05) is 37.3 Å². The van der Waals surface area contributed by atoms with Crippen molar-refractivity contribution in [3.63, 3.8) is 0 Å². The molecule has 2 amide bonds. The number of rotatable bonds is 8. The van der Waals surface area contributed by atoms with E-state index in [2.05, 4.69) is 5.32 Å². The van der Waals surface area contributed by atoms with E-state index >= 15 is 0 Å². The molecule has 1 atom stereocenters. The fourth-order valence-electron chi connectivity index (χ4n) is 2.09. The molecule has 0 aliphatic carbocycles. The molecule has 0 spiro atoms. The fraction of sp³-hybridized carbons (Fsp3) is 0.500. The highest BCUT2D eigenvalue weighted by Gasteiger charge is 2.14. The molecule has 0 saturated carbocycles. The highest BCUT2D eigenvalue weighted by Crippen LogP contribution is 2.11. The molecule has 1 aromatic carbocycles. The standard InChI is InChI=1S/C16H23ClN2O2/c1-3-10-19(16(21)12-17)11-9-15(20)18-13(2)14-7-5-4-6-8-14/h4-8,13H,3,9-12H2,1-2H3,(H,18,20). The lowest BCUT2D eigenvalue weighted by atomic mass is 10.1. The first-order valence-electron chi connectivity index (χ1n) is 7.26. The molecule has 0 saturated heterocycles. The lowest BCUT2D eigenvalue weighted by molar-refractivity contribution is -0.129. The van der Waals surface area contributed by atoms with Crippen molar-refractivity contribution in [1.29, 1.82) is 0 Å². The highest BCUT2D eigenvalue weighted by atomic mass is 35.5. The van der Waals surface area contributed by atoms with Gasteiger partial charge in [0, 0.05) is 19.5 Å². The molecule has 0 aromatic heterocycles. The molecular weight excluding hydrogens is 288 g/mol. The monoisotopic (exact) mass is 310 g/mol. The molecule has 0 radical (unpaired) electrons. The van der Waals surface area contributed by atoms with Crippen molar-refractivity contribution >= 4 is 23.4 Å². The van der Waals surface area contributed by atoms with Crippen LogP contribution in [0, 0.1) is 0 Å². The zero-order chi connectivity index (χ0) is 15.7. The van der Waals surface area contributed by atoms with Crippen LogP contribution in [-0.4, -0.2) is 35.7 Å². The minimum atomic E-state index is -0.123. The third kappa shape index (κ3) is 6.17. The summed E-state index contributed by atoms with van der Waals surface area (Å²) in [6, 6.07) is 9.75. The number of nitrogens with one attached hydrogen (secondary N) is 1. The van der Waals surface area contributed by atoms with Crippen LogP contribution < -0.4 is 5.32 Å². The second kappa shape index (κ2) is 9.40. The van der Waals surface area contributed by atoms with E-state index < -0.39 is 0 Å². The van der Waals surface area contributed by atoms with Crippen LogP contribution in [0.4, 0.5) is 0 Å². The number of hydrogen-bond donors (Lipinski definition) is 1. The predicted octanol–water partition coefficient (Wildman–Crippen LogP) is 2.73. The molecule has 0 aliphatic heterocycles. The van der Waals surface area contributed by atoms with Crippen molar-refractivity contribution in [2.45, 2.75) is 32.7 Å². The molecular formula is C16H23ClN2O2. The predicted molar refractivity (Wildman–Crippen MR) is 85.2 cm³/mol. The summed E-state index contributed by atoms with van der Waals surface area (Å²) in [5.74, 6) is -0.223. The molecule has 0 bridgehead atoms. The quantitative estimate of drug-likeness (QED) is 0.751. The Morgan fingerprint density at radius 1 is 1.24 bits per heavy atom. The van der Waals surface area contributed by atoms with Crippen LogP contribution in [0.3, 0.4) is 0 Å². The number of carbonyl (C=O) groups excluding carboxylic acids is 2. The molecule has 5 heteroatoms. The summed E-state index contributed by atoms with van der Waals surface area (Å²) >= 11 is 5.57. The van der Waals surface area contributed by atoms with Gasteiger partial charge in [-0.2, -0.15) is 0 Å². The Balaban J connectivity index is 2.44.